The molecule has 3 heteroatoms. The lowest BCUT2D eigenvalue weighted by atomic mass is 10.1. The summed E-state index contributed by atoms with van der Waals surface area (Å²) in [5, 5.41) is 0. The summed E-state index contributed by atoms with van der Waals surface area (Å²) in [5.41, 5.74) is 8.33. The summed E-state index contributed by atoms with van der Waals surface area (Å²) in [7, 11) is 0. The maximum absolute atomic E-state index is 12.0. The molecule has 0 aliphatic rings. The Balaban J connectivity index is 3.53. The number of aryl methyl sites for hydroxylation is 2. The Bertz CT molecular complexity index is 391. The van der Waals surface area contributed by atoms with Crippen molar-refractivity contribution >= 4 is 0 Å². The van der Waals surface area contributed by atoms with E-state index < -0.39 is 0 Å². The van der Waals surface area contributed by atoms with Crippen molar-refractivity contribution in [2.45, 2.75) is 40.3 Å². The van der Waals surface area contributed by atoms with Gasteiger partial charge in [0, 0.05) is 23.8 Å². The molecule has 14 heavy (non-hydrogen) atoms. The van der Waals surface area contributed by atoms with Crippen LogP contribution in [-0.2, 0) is 6.54 Å². The molecule has 0 atom stereocenters. The quantitative estimate of drug-likeness (QED) is 0.775. The largest absolute Gasteiger partial charge is 0.326 e. The fourth-order valence-corrected chi connectivity index (χ4v) is 1.83. The Labute approximate surface area is 84.6 Å². The first-order valence-electron chi connectivity index (χ1n) is 4.90. The van der Waals surface area contributed by atoms with E-state index in [2.05, 4.69) is 0 Å². The van der Waals surface area contributed by atoms with Gasteiger partial charge < -0.3 is 10.3 Å². The van der Waals surface area contributed by atoms with Crippen LogP contribution < -0.4 is 11.3 Å². The molecule has 78 valence electrons. The van der Waals surface area contributed by atoms with Gasteiger partial charge in [0.1, 0.15) is 0 Å². The zero-order chi connectivity index (χ0) is 10.9. The van der Waals surface area contributed by atoms with Crippen LogP contribution in [0.2, 0.25) is 0 Å². The number of hydrogen-bond acceptors (Lipinski definition) is 2. The molecule has 0 radical (unpaired) electrons. The van der Waals surface area contributed by atoms with E-state index in [1.54, 1.807) is 4.57 Å². The summed E-state index contributed by atoms with van der Waals surface area (Å²) in [6.45, 7) is 8.21. The summed E-state index contributed by atoms with van der Waals surface area (Å²) in [5.74, 6) is 0. The molecular weight excluding hydrogens is 176 g/mol. The third-order valence-electron chi connectivity index (χ3n) is 2.48. The van der Waals surface area contributed by atoms with E-state index in [4.69, 9.17) is 5.73 Å². The zero-order valence-corrected chi connectivity index (χ0v) is 9.29. The predicted molar refractivity (Wildman–Crippen MR) is 58.5 cm³/mol. The van der Waals surface area contributed by atoms with E-state index in [0.29, 0.717) is 6.54 Å². The van der Waals surface area contributed by atoms with Gasteiger partial charge in [-0.1, -0.05) is 0 Å². The van der Waals surface area contributed by atoms with Gasteiger partial charge in [-0.05, 0) is 39.3 Å². The molecule has 0 saturated heterocycles. The molecule has 0 aromatic carbocycles. The summed E-state index contributed by atoms with van der Waals surface area (Å²) < 4.78 is 1.79. The Morgan fingerprint density at radius 1 is 1.43 bits per heavy atom. The summed E-state index contributed by atoms with van der Waals surface area (Å²) in [6.07, 6.45) is 0. The monoisotopic (exact) mass is 194 g/mol. The van der Waals surface area contributed by atoms with E-state index in [0.717, 1.165) is 16.8 Å². The summed E-state index contributed by atoms with van der Waals surface area (Å²) in [4.78, 5) is 12.0. The van der Waals surface area contributed by atoms with Crippen molar-refractivity contribution < 1.29 is 0 Å². The number of rotatable bonds is 2. The fourth-order valence-electron chi connectivity index (χ4n) is 1.83. The molecule has 0 unspecified atom stereocenters. The molecular formula is C11H18N2O. The van der Waals surface area contributed by atoms with Gasteiger partial charge in [0.15, 0.2) is 0 Å². The molecule has 1 aromatic heterocycles. The maximum atomic E-state index is 12.0. The van der Waals surface area contributed by atoms with Crippen molar-refractivity contribution in [3.8, 4) is 0 Å². The minimum Gasteiger partial charge on any atom is -0.326 e. The van der Waals surface area contributed by atoms with Crippen LogP contribution >= 0.6 is 0 Å². The molecule has 0 aliphatic heterocycles. The van der Waals surface area contributed by atoms with Crippen LogP contribution in [0.5, 0.6) is 0 Å². The van der Waals surface area contributed by atoms with E-state index >= 15 is 0 Å². The fraction of sp³-hybridized carbons (Fsp3) is 0.545. The lowest BCUT2D eigenvalue weighted by Gasteiger charge is -2.16. The van der Waals surface area contributed by atoms with Crippen molar-refractivity contribution in [1.82, 2.24) is 4.57 Å². The molecule has 1 rings (SSSR count). The van der Waals surface area contributed by atoms with Crippen LogP contribution in [0.1, 0.15) is 36.7 Å². The first-order valence-corrected chi connectivity index (χ1v) is 4.90. The van der Waals surface area contributed by atoms with Crippen LogP contribution in [0.15, 0.2) is 10.9 Å². The van der Waals surface area contributed by atoms with E-state index in [1.807, 2.05) is 33.8 Å². The second-order valence-corrected chi connectivity index (χ2v) is 3.92. The van der Waals surface area contributed by atoms with Crippen LogP contribution in [0, 0.1) is 13.8 Å². The molecule has 0 spiro atoms. The third kappa shape index (κ3) is 1.73. The maximum Gasteiger partial charge on any atom is 0.255 e. The molecule has 2 N–H and O–H groups in total. The number of aromatic nitrogens is 1. The normalized spacial score (nSPS) is 11.0. The Hall–Kier alpha value is -1.09. The van der Waals surface area contributed by atoms with Crippen molar-refractivity contribution in [3.63, 3.8) is 0 Å². The Kier molecular flexibility index (Phi) is 3.11. The standard InChI is InChI=1S/C11H18N2O/c1-7(2)13-9(4)5-8(3)10(6-12)11(13)14/h5,7H,6,12H2,1-4H3. The highest BCUT2D eigenvalue weighted by atomic mass is 16.1. The SMILES string of the molecule is Cc1cc(C)n(C(C)C)c(=O)c1CN. The smallest absolute Gasteiger partial charge is 0.255 e. The van der Waals surface area contributed by atoms with Gasteiger partial charge in [0.2, 0.25) is 0 Å². The van der Waals surface area contributed by atoms with Crippen molar-refractivity contribution in [3.05, 3.63) is 33.2 Å². The molecule has 1 heterocycles. The number of nitrogens with zero attached hydrogens (tertiary/aromatic N) is 1. The van der Waals surface area contributed by atoms with Crippen LogP contribution in [0.4, 0.5) is 0 Å². The Morgan fingerprint density at radius 2 is 2.00 bits per heavy atom. The van der Waals surface area contributed by atoms with Crippen LogP contribution in [0.3, 0.4) is 0 Å². The minimum absolute atomic E-state index is 0.0556. The van der Waals surface area contributed by atoms with Crippen molar-refractivity contribution in [2.24, 2.45) is 5.73 Å². The number of hydrogen-bond donors (Lipinski definition) is 1. The van der Waals surface area contributed by atoms with E-state index in [-0.39, 0.29) is 11.6 Å². The van der Waals surface area contributed by atoms with E-state index in [1.165, 1.54) is 0 Å². The molecule has 0 fully saturated rings. The average molecular weight is 194 g/mol. The molecule has 1 aromatic rings. The van der Waals surface area contributed by atoms with Crippen molar-refractivity contribution in [2.75, 3.05) is 0 Å². The second-order valence-electron chi connectivity index (χ2n) is 3.92. The van der Waals surface area contributed by atoms with Gasteiger partial charge >= 0.3 is 0 Å². The van der Waals surface area contributed by atoms with Gasteiger partial charge in [-0.15, -0.1) is 0 Å². The molecule has 0 aliphatic carbocycles. The first-order chi connectivity index (χ1) is 6.49. The highest BCUT2D eigenvalue weighted by Gasteiger charge is 2.10. The summed E-state index contributed by atoms with van der Waals surface area (Å²) >= 11 is 0. The van der Waals surface area contributed by atoms with Gasteiger partial charge in [-0.3, -0.25) is 4.79 Å². The summed E-state index contributed by atoms with van der Waals surface area (Å²) in [6, 6.07) is 2.21. The average Bonchev–Trinajstić information content (AvgIpc) is 2.02. The lowest BCUT2D eigenvalue weighted by molar-refractivity contribution is 0.556. The van der Waals surface area contributed by atoms with Gasteiger partial charge in [0.25, 0.3) is 5.56 Å². The van der Waals surface area contributed by atoms with Gasteiger partial charge in [-0.2, -0.15) is 0 Å². The molecule has 3 nitrogen and oxygen atoms in total. The lowest BCUT2D eigenvalue weighted by Crippen LogP contribution is -2.29. The molecule has 0 amide bonds. The molecule has 0 bridgehead atoms. The highest BCUT2D eigenvalue weighted by molar-refractivity contribution is 5.26. The van der Waals surface area contributed by atoms with Crippen LogP contribution in [0.25, 0.3) is 0 Å². The van der Waals surface area contributed by atoms with Gasteiger partial charge in [-0.25, -0.2) is 0 Å². The first kappa shape index (κ1) is 11.0. The number of nitrogens with two attached hydrogens (primary N) is 1. The zero-order valence-electron chi connectivity index (χ0n) is 9.29. The molecule has 0 saturated carbocycles. The third-order valence-corrected chi connectivity index (χ3v) is 2.48. The number of pyridine rings is 1. The van der Waals surface area contributed by atoms with Gasteiger partial charge in [0.05, 0.1) is 0 Å². The second kappa shape index (κ2) is 3.96. The highest BCUT2D eigenvalue weighted by Crippen LogP contribution is 2.10. The predicted octanol–water partition coefficient (Wildman–Crippen LogP) is 1.50. The van der Waals surface area contributed by atoms with Crippen LogP contribution in [-0.4, -0.2) is 4.57 Å². The van der Waals surface area contributed by atoms with Crippen molar-refractivity contribution in [1.29, 1.82) is 0 Å². The topological polar surface area (TPSA) is 48.0 Å². The van der Waals surface area contributed by atoms with E-state index in [9.17, 15) is 4.79 Å². The Morgan fingerprint density at radius 3 is 2.43 bits per heavy atom. The minimum atomic E-state index is 0.0556.